The molecule has 0 amide bonds. The highest BCUT2D eigenvalue weighted by molar-refractivity contribution is 5.86. The summed E-state index contributed by atoms with van der Waals surface area (Å²) in [5.74, 6) is 2.90. The lowest BCUT2D eigenvalue weighted by atomic mass is 10.0. The smallest absolute Gasteiger partial charge is 0.219 e. The molecule has 0 unspecified atom stereocenters. The molecular formula is C34H27N5O. The SMILES string of the molecule is Cc1cccc(C)c1-c1nc2ccc(Oc3cccc(-c4nc5ccccc5n4C)n3)cc2n1-c1ccccc1. The van der Waals surface area contributed by atoms with Gasteiger partial charge in [0.05, 0.1) is 22.1 Å². The second kappa shape index (κ2) is 9.50. The minimum Gasteiger partial charge on any atom is -0.439 e. The zero-order chi connectivity index (χ0) is 27.2. The molecule has 7 aromatic rings. The van der Waals surface area contributed by atoms with Crippen LogP contribution in [0.15, 0.2) is 109 Å². The van der Waals surface area contributed by atoms with Crippen molar-refractivity contribution in [3.8, 4) is 40.2 Å². The third-order valence-corrected chi connectivity index (χ3v) is 7.31. The Balaban J connectivity index is 1.32. The fourth-order valence-corrected chi connectivity index (χ4v) is 5.38. The van der Waals surface area contributed by atoms with Crippen LogP contribution < -0.4 is 4.74 Å². The van der Waals surface area contributed by atoms with Crippen molar-refractivity contribution < 1.29 is 4.74 Å². The van der Waals surface area contributed by atoms with Gasteiger partial charge in [0, 0.05) is 30.4 Å². The zero-order valence-electron chi connectivity index (χ0n) is 22.5. The number of hydrogen-bond donors (Lipinski definition) is 0. The van der Waals surface area contributed by atoms with E-state index in [4.69, 9.17) is 19.7 Å². The van der Waals surface area contributed by atoms with E-state index in [-0.39, 0.29) is 0 Å². The number of pyridine rings is 1. The van der Waals surface area contributed by atoms with E-state index in [0.717, 1.165) is 50.7 Å². The van der Waals surface area contributed by atoms with Crippen molar-refractivity contribution in [2.45, 2.75) is 13.8 Å². The Bertz CT molecular complexity index is 2000. The maximum Gasteiger partial charge on any atom is 0.219 e. The Kier molecular flexibility index (Phi) is 5.67. The Morgan fingerprint density at radius 1 is 0.600 bits per heavy atom. The molecule has 0 aliphatic rings. The first-order valence-electron chi connectivity index (χ1n) is 13.3. The fourth-order valence-electron chi connectivity index (χ4n) is 5.38. The van der Waals surface area contributed by atoms with E-state index in [1.54, 1.807) is 0 Å². The summed E-state index contributed by atoms with van der Waals surface area (Å²) in [4.78, 5) is 14.7. The summed E-state index contributed by atoms with van der Waals surface area (Å²) in [7, 11) is 2.01. The predicted molar refractivity (Wildman–Crippen MR) is 160 cm³/mol. The molecule has 6 heteroatoms. The highest BCUT2D eigenvalue weighted by Crippen LogP contribution is 2.35. The normalized spacial score (nSPS) is 11.4. The number of aromatic nitrogens is 5. The number of para-hydroxylation sites is 3. The van der Waals surface area contributed by atoms with E-state index in [1.165, 1.54) is 11.1 Å². The molecule has 3 heterocycles. The molecule has 0 aliphatic carbocycles. The number of hydrogen-bond acceptors (Lipinski definition) is 4. The number of imidazole rings is 2. The monoisotopic (exact) mass is 521 g/mol. The number of aryl methyl sites for hydroxylation is 3. The van der Waals surface area contributed by atoms with Crippen molar-refractivity contribution in [1.82, 2.24) is 24.1 Å². The first kappa shape index (κ1) is 23.9. The van der Waals surface area contributed by atoms with Crippen molar-refractivity contribution in [3.05, 3.63) is 120 Å². The largest absolute Gasteiger partial charge is 0.439 e. The number of ether oxygens (including phenoxy) is 1. The van der Waals surface area contributed by atoms with Crippen LogP contribution in [0.25, 0.3) is 50.7 Å². The van der Waals surface area contributed by atoms with Gasteiger partial charge in [0.1, 0.15) is 17.3 Å². The molecule has 4 aromatic carbocycles. The molecule has 194 valence electrons. The summed E-state index contributed by atoms with van der Waals surface area (Å²) in [6, 6.07) is 36.5. The molecule has 0 atom stereocenters. The second-order valence-corrected chi connectivity index (χ2v) is 9.97. The highest BCUT2D eigenvalue weighted by atomic mass is 16.5. The van der Waals surface area contributed by atoms with Gasteiger partial charge in [-0.1, -0.05) is 54.6 Å². The maximum atomic E-state index is 6.33. The molecule has 0 saturated heterocycles. The third kappa shape index (κ3) is 4.01. The lowest BCUT2D eigenvalue weighted by molar-refractivity contribution is 0.464. The molecule has 0 aliphatic heterocycles. The van der Waals surface area contributed by atoms with Crippen LogP contribution in [0, 0.1) is 13.8 Å². The zero-order valence-corrected chi connectivity index (χ0v) is 22.5. The van der Waals surface area contributed by atoms with Crippen molar-refractivity contribution in [2.75, 3.05) is 0 Å². The minimum atomic E-state index is 0.504. The van der Waals surface area contributed by atoms with Gasteiger partial charge in [0.25, 0.3) is 0 Å². The minimum absolute atomic E-state index is 0.504. The molecule has 7 rings (SSSR count). The average Bonchev–Trinajstić information content (AvgIpc) is 3.51. The van der Waals surface area contributed by atoms with Crippen LogP contribution in [0.5, 0.6) is 11.6 Å². The molecule has 40 heavy (non-hydrogen) atoms. The molecular weight excluding hydrogens is 494 g/mol. The molecule has 0 N–H and O–H groups in total. The van der Waals surface area contributed by atoms with Gasteiger partial charge < -0.3 is 9.30 Å². The Morgan fingerprint density at radius 2 is 1.30 bits per heavy atom. The van der Waals surface area contributed by atoms with Gasteiger partial charge in [-0.05, 0) is 67.4 Å². The van der Waals surface area contributed by atoms with Gasteiger partial charge in [-0.3, -0.25) is 4.57 Å². The summed E-state index contributed by atoms with van der Waals surface area (Å²) in [6.07, 6.45) is 0. The van der Waals surface area contributed by atoms with Crippen LogP contribution in [0.1, 0.15) is 11.1 Å². The van der Waals surface area contributed by atoms with E-state index in [0.29, 0.717) is 11.6 Å². The van der Waals surface area contributed by atoms with Gasteiger partial charge in [-0.25, -0.2) is 15.0 Å². The van der Waals surface area contributed by atoms with E-state index in [9.17, 15) is 0 Å². The van der Waals surface area contributed by atoms with E-state index < -0.39 is 0 Å². The summed E-state index contributed by atoms with van der Waals surface area (Å²) >= 11 is 0. The Labute approximate surface area is 232 Å². The van der Waals surface area contributed by atoms with Crippen LogP contribution in [-0.2, 0) is 7.05 Å². The average molecular weight is 522 g/mol. The predicted octanol–water partition coefficient (Wildman–Crippen LogP) is 8.05. The van der Waals surface area contributed by atoms with Gasteiger partial charge in [0.15, 0.2) is 5.82 Å². The molecule has 0 saturated carbocycles. The van der Waals surface area contributed by atoms with Crippen molar-refractivity contribution >= 4 is 22.1 Å². The van der Waals surface area contributed by atoms with Crippen LogP contribution in [-0.4, -0.2) is 24.1 Å². The van der Waals surface area contributed by atoms with Gasteiger partial charge in [-0.2, -0.15) is 0 Å². The summed E-state index contributed by atoms with van der Waals surface area (Å²) in [5.41, 5.74) is 9.17. The first-order valence-corrected chi connectivity index (χ1v) is 13.3. The van der Waals surface area contributed by atoms with Gasteiger partial charge >= 0.3 is 0 Å². The van der Waals surface area contributed by atoms with E-state index >= 15 is 0 Å². The van der Waals surface area contributed by atoms with Crippen molar-refractivity contribution in [3.63, 3.8) is 0 Å². The van der Waals surface area contributed by atoms with Crippen LogP contribution in [0.3, 0.4) is 0 Å². The third-order valence-electron chi connectivity index (χ3n) is 7.31. The first-order chi connectivity index (χ1) is 19.6. The van der Waals surface area contributed by atoms with E-state index in [2.05, 4.69) is 59.4 Å². The molecule has 3 aromatic heterocycles. The van der Waals surface area contributed by atoms with Crippen molar-refractivity contribution in [1.29, 1.82) is 0 Å². The Hall–Kier alpha value is -5.23. The molecule has 6 nitrogen and oxygen atoms in total. The van der Waals surface area contributed by atoms with Crippen LogP contribution in [0.4, 0.5) is 0 Å². The molecule has 0 spiro atoms. The number of nitrogens with zero attached hydrogens (tertiary/aromatic N) is 5. The Morgan fingerprint density at radius 3 is 2.10 bits per heavy atom. The van der Waals surface area contributed by atoms with Gasteiger partial charge in [0.2, 0.25) is 5.88 Å². The molecule has 0 radical (unpaired) electrons. The maximum absolute atomic E-state index is 6.33. The summed E-state index contributed by atoms with van der Waals surface area (Å²) < 4.78 is 10.6. The number of rotatable bonds is 5. The second-order valence-electron chi connectivity index (χ2n) is 9.97. The fraction of sp³-hybridized carbons (Fsp3) is 0.0882. The topological polar surface area (TPSA) is 57.8 Å². The summed E-state index contributed by atoms with van der Waals surface area (Å²) in [6.45, 7) is 4.27. The lowest BCUT2D eigenvalue weighted by Gasteiger charge is -2.13. The van der Waals surface area contributed by atoms with Gasteiger partial charge in [-0.15, -0.1) is 0 Å². The number of benzene rings is 4. The van der Waals surface area contributed by atoms with E-state index in [1.807, 2.05) is 79.8 Å². The van der Waals surface area contributed by atoms with Crippen molar-refractivity contribution in [2.24, 2.45) is 7.05 Å². The standard InChI is InChI=1S/C34H27N5O/c1-22-11-9-12-23(2)32(22)34-37-27-20-19-25(21-30(27)39(34)24-13-5-4-6-14-24)40-31-18-10-16-28(35-31)33-36-26-15-7-8-17-29(26)38(33)3/h4-21H,1-3H3. The lowest BCUT2D eigenvalue weighted by Crippen LogP contribution is -2.00. The summed E-state index contributed by atoms with van der Waals surface area (Å²) in [5, 5.41) is 0. The molecule has 0 bridgehead atoms. The number of fused-ring (bicyclic) bond motifs is 2. The highest BCUT2D eigenvalue weighted by Gasteiger charge is 2.19. The van der Waals surface area contributed by atoms with Crippen LogP contribution >= 0.6 is 0 Å². The quantitative estimate of drug-likeness (QED) is 0.230. The van der Waals surface area contributed by atoms with Crippen LogP contribution in [0.2, 0.25) is 0 Å². The molecule has 0 fully saturated rings.